The molecule has 1 N–H and O–H groups in total. The summed E-state index contributed by atoms with van der Waals surface area (Å²) in [5, 5.41) is 2.01. The van der Waals surface area contributed by atoms with Crippen LogP contribution in [-0.4, -0.2) is 33.5 Å². The highest BCUT2D eigenvalue weighted by molar-refractivity contribution is 7.92. The summed E-state index contributed by atoms with van der Waals surface area (Å²) in [6, 6.07) is 7.41. The van der Waals surface area contributed by atoms with Gasteiger partial charge in [-0.3, -0.25) is 9.10 Å². The Balaban J connectivity index is 2.13. The van der Waals surface area contributed by atoms with E-state index < -0.39 is 40.4 Å². The van der Waals surface area contributed by atoms with Gasteiger partial charge in [-0.1, -0.05) is 11.6 Å². The molecular formula is C16H13ClF4N2O4S. The Morgan fingerprint density at radius 1 is 1.18 bits per heavy atom. The molecule has 12 heteroatoms. The van der Waals surface area contributed by atoms with Crippen molar-refractivity contribution in [3.05, 3.63) is 53.3 Å². The highest BCUT2D eigenvalue weighted by Crippen LogP contribution is 2.25. The third-order valence-corrected chi connectivity index (χ3v) is 4.68. The Morgan fingerprint density at radius 2 is 1.79 bits per heavy atom. The van der Waals surface area contributed by atoms with E-state index in [1.54, 1.807) is 0 Å². The largest absolute Gasteiger partial charge is 0.573 e. The summed E-state index contributed by atoms with van der Waals surface area (Å²) < 4.78 is 78.1. The highest BCUT2D eigenvalue weighted by Gasteiger charge is 2.31. The molecule has 0 heterocycles. The molecule has 28 heavy (non-hydrogen) atoms. The molecule has 0 aliphatic rings. The smallest absolute Gasteiger partial charge is 0.406 e. The first-order valence-electron chi connectivity index (χ1n) is 7.43. The summed E-state index contributed by atoms with van der Waals surface area (Å²) in [5.41, 5.74) is 0.0862. The van der Waals surface area contributed by atoms with Crippen LogP contribution in [0.3, 0.4) is 0 Å². The average Bonchev–Trinajstić information content (AvgIpc) is 2.55. The molecule has 2 rings (SSSR count). The van der Waals surface area contributed by atoms with Gasteiger partial charge >= 0.3 is 6.36 Å². The molecule has 0 radical (unpaired) electrons. The number of hydrogen-bond acceptors (Lipinski definition) is 4. The maximum absolute atomic E-state index is 13.3. The SMILES string of the molecule is CS(=O)(=O)N(CC(=O)Nc1ccc(OC(F)(F)F)cc1)c1ccc(F)c(Cl)c1. The summed E-state index contributed by atoms with van der Waals surface area (Å²) in [6.45, 7) is -0.665. The van der Waals surface area contributed by atoms with Gasteiger partial charge in [-0.25, -0.2) is 12.8 Å². The van der Waals surface area contributed by atoms with Gasteiger partial charge in [0.15, 0.2) is 0 Å². The van der Waals surface area contributed by atoms with Gasteiger partial charge in [0, 0.05) is 5.69 Å². The van der Waals surface area contributed by atoms with Crippen LogP contribution >= 0.6 is 11.6 Å². The number of carbonyl (C=O) groups is 1. The Bertz CT molecular complexity index is 966. The van der Waals surface area contributed by atoms with E-state index in [1.165, 1.54) is 0 Å². The van der Waals surface area contributed by atoms with Gasteiger partial charge < -0.3 is 10.1 Å². The maximum Gasteiger partial charge on any atom is 0.573 e. The molecular weight excluding hydrogens is 428 g/mol. The maximum atomic E-state index is 13.3. The monoisotopic (exact) mass is 440 g/mol. The number of ether oxygens (including phenoxy) is 1. The number of nitrogens with one attached hydrogen (secondary N) is 1. The minimum absolute atomic E-state index is 0.0297. The van der Waals surface area contributed by atoms with Crippen LogP contribution in [0.1, 0.15) is 0 Å². The van der Waals surface area contributed by atoms with E-state index in [0.717, 1.165) is 48.7 Å². The Kier molecular flexibility index (Phi) is 6.40. The summed E-state index contributed by atoms with van der Waals surface area (Å²) in [6.07, 6.45) is -4.00. The number of halogens is 5. The zero-order valence-electron chi connectivity index (χ0n) is 14.1. The summed E-state index contributed by atoms with van der Waals surface area (Å²) >= 11 is 5.65. The topological polar surface area (TPSA) is 75.7 Å². The van der Waals surface area contributed by atoms with Crippen molar-refractivity contribution >= 4 is 38.9 Å². The lowest BCUT2D eigenvalue weighted by Crippen LogP contribution is -2.37. The van der Waals surface area contributed by atoms with Crippen molar-refractivity contribution in [2.45, 2.75) is 6.36 Å². The quantitative estimate of drug-likeness (QED) is 0.694. The van der Waals surface area contributed by atoms with Crippen LogP contribution in [0, 0.1) is 5.82 Å². The predicted molar refractivity (Wildman–Crippen MR) is 95.4 cm³/mol. The Morgan fingerprint density at radius 3 is 2.29 bits per heavy atom. The number of sulfonamides is 1. The number of carbonyl (C=O) groups excluding carboxylic acids is 1. The van der Waals surface area contributed by atoms with Crippen molar-refractivity contribution in [1.82, 2.24) is 0 Å². The van der Waals surface area contributed by atoms with Crippen molar-refractivity contribution in [1.29, 1.82) is 0 Å². The van der Waals surface area contributed by atoms with Gasteiger partial charge in [0.05, 0.1) is 17.0 Å². The third-order valence-electron chi connectivity index (χ3n) is 3.25. The Labute approximate surface area is 162 Å². The van der Waals surface area contributed by atoms with Crippen molar-refractivity contribution < 1.29 is 35.5 Å². The van der Waals surface area contributed by atoms with Gasteiger partial charge in [-0.05, 0) is 42.5 Å². The van der Waals surface area contributed by atoms with E-state index in [4.69, 9.17) is 11.6 Å². The highest BCUT2D eigenvalue weighted by atomic mass is 35.5. The molecule has 0 atom stereocenters. The van der Waals surface area contributed by atoms with E-state index in [-0.39, 0.29) is 16.4 Å². The molecule has 0 saturated carbocycles. The lowest BCUT2D eigenvalue weighted by atomic mass is 10.3. The summed E-state index contributed by atoms with van der Waals surface area (Å²) in [7, 11) is -3.92. The molecule has 0 fully saturated rings. The first-order chi connectivity index (χ1) is 12.8. The second-order valence-corrected chi connectivity index (χ2v) is 7.80. The van der Waals surface area contributed by atoms with Gasteiger partial charge in [0.1, 0.15) is 18.1 Å². The van der Waals surface area contributed by atoms with E-state index in [1.807, 2.05) is 0 Å². The fraction of sp³-hybridized carbons (Fsp3) is 0.188. The van der Waals surface area contributed by atoms with Gasteiger partial charge in [0.2, 0.25) is 15.9 Å². The van der Waals surface area contributed by atoms with E-state index in [0.29, 0.717) is 4.31 Å². The average molecular weight is 441 g/mol. The van der Waals surface area contributed by atoms with Crippen molar-refractivity contribution in [2.24, 2.45) is 0 Å². The number of benzene rings is 2. The van der Waals surface area contributed by atoms with Crippen LogP contribution in [0.4, 0.5) is 28.9 Å². The van der Waals surface area contributed by atoms with Crippen LogP contribution < -0.4 is 14.4 Å². The van der Waals surface area contributed by atoms with Gasteiger partial charge in [-0.2, -0.15) is 0 Å². The number of rotatable bonds is 6. The molecule has 0 unspecified atom stereocenters. The van der Waals surface area contributed by atoms with E-state index in [2.05, 4.69) is 10.1 Å². The minimum atomic E-state index is -4.85. The van der Waals surface area contributed by atoms with Crippen LogP contribution in [0.2, 0.25) is 5.02 Å². The zero-order chi connectivity index (χ0) is 21.1. The van der Waals surface area contributed by atoms with Crippen molar-refractivity contribution in [3.8, 4) is 5.75 Å². The lowest BCUT2D eigenvalue weighted by Gasteiger charge is -2.22. The van der Waals surface area contributed by atoms with Gasteiger partial charge in [0.25, 0.3) is 0 Å². The first kappa shape index (κ1) is 21.8. The van der Waals surface area contributed by atoms with E-state index >= 15 is 0 Å². The molecule has 0 spiro atoms. The molecule has 0 aliphatic heterocycles. The number of nitrogens with zero attached hydrogens (tertiary/aromatic N) is 1. The molecule has 2 aromatic rings. The zero-order valence-corrected chi connectivity index (χ0v) is 15.7. The number of alkyl halides is 3. The molecule has 1 amide bonds. The third kappa shape index (κ3) is 6.27. The standard InChI is InChI=1S/C16H13ClF4N2O4S/c1-28(25,26)23(11-4-7-14(18)13(17)8-11)9-15(24)22-10-2-5-12(6-3-10)27-16(19,20)21/h2-8H,9H2,1H3,(H,22,24). The molecule has 0 bridgehead atoms. The first-order valence-corrected chi connectivity index (χ1v) is 9.66. The number of hydrogen-bond donors (Lipinski definition) is 1. The van der Waals surface area contributed by atoms with Crippen LogP contribution in [0.25, 0.3) is 0 Å². The van der Waals surface area contributed by atoms with Crippen LogP contribution in [0.5, 0.6) is 5.75 Å². The van der Waals surface area contributed by atoms with Crippen molar-refractivity contribution in [3.63, 3.8) is 0 Å². The molecule has 0 aromatic heterocycles. The van der Waals surface area contributed by atoms with Crippen LogP contribution in [0.15, 0.2) is 42.5 Å². The fourth-order valence-corrected chi connectivity index (χ4v) is 3.13. The molecule has 6 nitrogen and oxygen atoms in total. The normalized spacial score (nSPS) is 11.8. The Hall–Kier alpha value is -2.53. The molecule has 2 aromatic carbocycles. The molecule has 0 saturated heterocycles. The second-order valence-electron chi connectivity index (χ2n) is 5.49. The lowest BCUT2D eigenvalue weighted by molar-refractivity contribution is -0.274. The summed E-state index contributed by atoms with van der Waals surface area (Å²) in [4.78, 5) is 12.2. The van der Waals surface area contributed by atoms with Crippen molar-refractivity contribution in [2.75, 3.05) is 22.4 Å². The second kappa shape index (κ2) is 8.23. The minimum Gasteiger partial charge on any atom is -0.406 e. The van der Waals surface area contributed by atoms with Gasteiger partial charge in [-0.15, -0.1) is 13.2 Å². The number of anilines is 2. The van der Waals surface area contributed by atoms with Crippen LogP contribution in [-0.2, 0) is 14.8 Å². The van der Waals surface area contributed by atoms with E-state index in [9.17, 15) is 30.8 Å². The predicted octanol–water partition coefficient (Wildman–Crippen LogP) is 3.78. The summed E-state index contributed by atoms with van der Waals surface area (Å²) in [5.74, 6) is -2.02. The molecule has 152 valence electrons. The number of amides is 1. The fourth-order valence-electron chi connectivity index (χ4n) is 2.11. The molecule has 0 aliphatic carbocycles.